The molecule has 2 aliphatic rings. The Labute approximate surface area is 166 Å². The minimum Gasteiger partial charge on any atom is -0.342 e. The fourth-order valence-electron chi connectivity index (χ4n) is 4.47. The van der Waals surface area contributed by atoms with Crippen LogP contribution in [0.15, 0.2) is 24.3 Å². The van der Waals surface area contributed by atoms with Crippen LogP contribution in [0.25, 0.3) is 11.0 Å². The van der Waals surface area contributed by atoms with Crippen LogP contribution in [-0.2, 0) is 14.8 Å². The number of rotatable bonds is 5. The first-order valence-corrected chi connectivity index (χ1v) is 11.8. The number of imidazole rings is 1. The summed E-state index contributed by atoms with van der Waals surface area (Å²) >= 11 is 0. The van der Waals surface area contributed by atoms with Crippen LogP contribution in [0.3, 0.4) is 0 Å². The van der Waals surface area contributed by atoms with Gasteiger partial charge >= 0.3 is 0 Å². The maximum atomic E-state index is 13.2. The maximum absolute atomic E-state index is 13.2. The van der Waals surface area contributed by atoms with Crippen molar-refractivity contribution in [2.45, 2.75) is 51.0 Å². The van der Waals surface area contributed by atoms with Gasteiger partial charge in [0, 0.05) is 25.6 Å². The Hall–Kier alpha value is -1.93. The number of nitrogens with zero attached hydrogens (tertiary/aromatic N) is 3. The predicted molar refractivity (Wildman–Crippen MR) is 108 cm³/mol. The molecule has 2 unspecified atom stereocenters. The summed E-state index contributed by atoms with van der Waals surface area (Å²) in [6.45, 7) is 3.59. The zero-order valence-electron chi connectivity index (χ0n) is 16.3. The van der Waals surface area contributed by atoms with Crippen molar-refractivity contribution in [3.05, 3.63) is 30.1 Å². The van der Waals surface area contributed by atoms with E-state index in [4.69, 9.17) is 4.98 Å². The van der Waals surface area contributed by atoms with E-state index in [0.29, 0.717) is 32.5 Å². The molecule has 0 radical (unpaired) electrons. The highest BCUT2D eigenvalue weighted by molar-refractivity contribution is 7.89. The quantitative estimate of drug-likeness (QED) is 0.829. The second-order valence-corrected chi connectivity index (χ2v) is 9.89. The number of benzene rings is 1. The van der Waals surface area contributed by atoms with Gasteiger partial charge in [0.05, 0.1) is 16.8 Å². The molecule has 2 aromatic rings. The van der Waals surface area contributed by atoms with Crippen molar-refractivity contribution in [2.24, 2.45) is 0 Å². The molecule has 0 bridgehead atoms. The minimum absolute atomic E-state index is 0.0435. The largest absolute Gasteiger partial charge is 0.342 e. The number of nitrogens with one attached hydrogen (secondary N) is 1. The number of piperidine rings is 1. The number of aromatic amines is 1. The highest BCUT2D eigenvalue weighted by atomic mass is 32.2. The summed E-state index contributed by atoms with van der Waals surface area (Å²) in [6, 6.07) is 7.40. The Morgan fingerprint density at radius 3 is 2.79 bits per heavy atom. The van der Waals surface area contributed by atoms with Gasteiger partial charge in [-0.3, -0.25) is 4.79 Å². The van der Waals surface area contributed by atoms with Crippen LogP contribution >= 0.6 is 0 Å². The predicted octanol–water partition coefficient (Wildman–Crippen LogP) is 2.47. The highest BCUT2D eigenvalue weighted by Crippen LogP contribution is 2.30. The summed E-state index contributed by atoms with van der Waals surface area (Å²) < 4.78 is 26.6. The van der Waals surface area contributed by atoms with Crippen molar-refractivity contribution in [3.8, 4) is 0 Å². The van der Waals surface area contributed by atoms with Gasteiger partial charge in [-0.05, 0) is 44.2 Å². The number of aromatic nitrogens is 2. The van der Waals surface area contributed by atoms with Gasteiger partial charge in [-0.15, -0.1) is 0 Å². The lowest BCUT2D eigenvalue weighted by atomic mass is 9.96. The molecule has 152 valence electrons. The highest BCUT2D eigenvalue weighted by Gasteiger charge is 2.41. The summed E-state index contributed by atoms with van der Waals surface area (Å²) in [6.07, 6.45) is 3.82. The van der Waals surface area contributed by atoms with Crippen molar-refractivity contribution < 1.29 is 13.2 Å². The van der Waals surface area contributed by atoms with Crippen molar-refractivity contribution in [1.29, 1.82) is 0 Å². The summed E-state index contributed by atoms with van der Waals surface area (Å²) in [4.78, 5) is 23.1. The molecule has 2 aliphatic heterocycles. The SMILES string of the molecule is CCCS(=O)(=O)N1CCCC1C(=O)N1CCCC(c2nc3ccccc3[nH]2)C1. The van der Waals surface area contributed by atoms with E-state index in [1.165, 1.54) is 4.31 Å². The topological polar surface area (TPSA) is 86.4 Å². The van der Waals surface area contributed by atoms with Crippen molar-refractivity contribution in [3.63, 3.8) is 0 Å². The monoisotopic (exact) mass is 404 g/mol. The number of likely N-dealkylation sites (tertiary alicyclic amines) is 1. The first-order chi connectivity index (χ1) is 13.5. The summed E-state index contributed by atoms with van der Waals surface area (Å²) in [7, 11) is -3.36. The van der Waals surface area contributed by atoms with E-state index in [1.807, 2.05) is 36.1 Å². The Morgan fingerprint density at radius 1 is 1.21 bits per heavy atom. The maximum Gasteiger partial charge on any atom is 0.241 e. The van der Waals surface area contributed by atoms with Gasteiger partial charge in [0.2, 0.25) is 15.9 Å². The van der Waals surface area contributed by atoms with E-state index in [9.17, 15) is 13.2 Å². The van der Waals surface area contributed by atoms with E-state index in [1.54, 1.807) is 0 Å². The van der Waals surface area contributed by atoms with E-state index < -0.39 is 16.1 Å². The molecule has 0 spiro atoms. The third kappa shape index (κ3) is 3.67. The van der Waals surface area contributed by atoms with E-state index in [0.717, 1.165) is 36.1 Å². The summed E-state index contributed by atoms with van der Waals surface area (Å²) in [5.41, 5.74) is 1.95. The second-order valence-electron chi connectivity index (χ2n) is 7.85. The third-order valence-electron chi connectivity index (χ3n) is 5.84. The molecule has 1 aromatic heterocycles. The third-order valence-corrected chi connectivity index (χ3v) is 7.91. The number of para-hydroxylation sites is 2. The van der Waals surface area contributed by atoms with Gasteiger partial charge in [-0.25, -0.2) is 13.4 Å². The number of H-pyrrole nitrogens is 1. The lowest BCUT2D eigenvalue weighted by Gasteiger charge is -2.35. The molecule has 1 N–H and O–H groups in total. The number of carbonyl (C=O) groups excluding carboxylic acids is 1. The number of hydrogen-bond donors (Lipinski definition) is 1. The Bertz CT molecular complexity index is 922. The Balaban J connectivity index is 1.50. The molecule has 2 saturated heterocycles. The minimum atomic E-state index is -3.36. The molecule has 8 heteroatoms. The number of fused-ring (bicyclic) bond motifs is 1. The molecule has 7 nitrogen and oxygen atoms in total. The summed E-state index contributed by atoms with van der Waals surface area (Å²) in [5.74, 6) is 1.14. The second kappa shape index (κ2) is 7.83. The number of carbonyl (C=O) groups is 1. The van der Waals surface area contributed by atoms with Crippen LogP contribution in [0.2, 0.25) is 0 Å². The van der Waals surface area contributed by atoms with Gasteiger partial charge in [0.25, 0.3) is 0 Å². The van der Waals surface area contributed by atoms with Gasteiger partial charge in [0.15, 0.2) is 0 Å². The standard InChI is InChI=1S/C20H28N4O3S/c1-2-13-28(26,27)24-12-6-10-18(24)20(25)23-11-5-7-15(14-23)19-21-16-8-3-4-9-17(16)22-19/h3-4,8-9,15,18H,2,5-7,10-14H2,1H3,(H,21,22). The smallest absolute Gasteiger partial charge is 0.241 e. The Morgan fingerprint density at radius 2 is 2.00 bits per heavy atom. The zero-order chi connectivity index (χ0) is 19.7. The average molecular weight is 405 g/mol. The lowest BCUT2D eigenvalue weighted by molar-refractivity contribution is -0.135. The van der Waals surface area contributed by atoms with Crippen LogP contribution in [0.5, 0.6) is 0 Å². The molecular formula is C20H28N4O3S. The van der Waals surface area contributed by atoms with E-state index in [-0.39, 0.29) is 17.6 Å². The number of amides is 1. The molecule has 2 fully saturated rings. The fraction of sp³-hybridized carbons (Fsp3) is 0.600. The first kappa shape index (κ1) is 19.4. The normalized spacial score (nSPS) is 24.1. The summed E-state index contributed by atoms with van der Waals surface area (Å²) in [5, 5.41) is 0. The molecule has 0 saturated carbocycles. The van der Waals surface area contributed by atoms with Crippen LogP contribution in [0, 0.1) is 0 Å². The van der Waals surface area contributed by atoms with Crippen LogP contribution in [0.1, 0.15) is 50.8 Å². The lowest BCUT2D eigenvalue weighted by Crippen LogP contribution is -2.50. The molecule has 4 rings (SSSR count). The molecule has 1 aromatic carbocycles. The van der Waals surface area contributed by atoms with Crippen LogP contribution < -0.4 is 0 Å². The van der Waals surface area contributed by atoms with Crippen LogP contribution in [0.4, 0.5) is 0 Å². The molecule has 28 heavy (non-hydrogen) atoms. The van der Waals surface area contributed by atoms with E-state index in [2.05, 4.69) is 4.98 Å². The number of sulfonamides is 1. The van der Waals surface area contributed by atoms with Gasteiger partial charge in [-0.2, -0.15) is 4.31 Å². The molecule has 2 atom stereocenters. The average Bonchev–Trinajstić information content (AvgIpc) is 3.35. The van der Waals surface area contributed by atoms with Gasteiger partial charge in [-0.1, -0.05) is 19.1 Å². The molecule has 0 aliphatic carbocycles. The van der Waals surface area contributed by atoms with Crippen molar-refractivity contribution >= 4 is 27.0 Å². The van der Waals surface area contributed by atoms with Crippen molar-refractivity contribution in [2.75, 3.05) is 25.4 Å². The first-order valence-electron chi connectivity index (χ1n) is 10.2. The van der Waals surface area contributed by atoms with Crippen molar-refractivity contribution in [1.82, 2.24) is 19.2 Å². The zero-order valence-corrected chi connectivity index (χ0v) is 17.1. The van der Waals surface area contributed by atoms with Gasteiger partial charge in [0.1, 0.15) is 11.9 Å². The molecular weight excluding hydrogens is 376 g/mol. The fourth-order valence-corrected chi connectivity index (χ4v) is 6.21. The van der Waals surface area contributed by atoms with E-state index >= 15 is 0 Å². The number of hydrogen-bond acceptors (Lipinski definition) is 4. The molecule has 3 heterocycles. The van der Waals surface area contributed by atoms with Crippen LogP contribution in [-0.4, -0.2) is 64.9 Å². The Kier molecular flexibility index (Phi) is 5.42. The molecule has 1 amide bonds. The van der Waals surface area contributed by atoms with Gasteiger partial charge < -0.3 is 9.88 Å².